The van der Waals surface area contributed by atoms with Gasteiger partial charge in [0.15, 0.2) is 0 Å². The van der Waals surface area contributed by atoms with Crippen molar-refractivity contribution < 1.29 is 14.7 Å². The van der Waals surface area contributed by atoms with E-state index in [0.717, 1.165) is 5.69 Å². The number of carbonyl (C=O) groups excluding carboxylic acids is 2. The zero-order chi connectivity index (χ0) is 17.0. The maximum absolute atomic E-state index is 12.4. The van der Waals surface area contributed by atoms with Gasteiger partial charge in [0.25, 0.3) is 0 Å². The van der Waals surface area contributed by atoms with Gasteiger partial charge in [0, 0.05) is 23.8 Å². The van der Waals surface area contributed by atoms with Crippen LogP contribution in [0.2, 0.25) is 5.02 Å². The standard InChI is InChI=1S/C17H23ClN2O3/c1-11(9-12(2)21)10-19-16(22)15-7-8-20(17(15)23)14-5-3-13(18)4-6-14/h3-6,11-12,15,21H,7-10H2,1-2H3,(H,19,22). The Kier molecular flexibility index (Phi) is 6.02. The zero-order valence-corrected chi connectivity index (χ0v) is 14.2. The molecule has 1 aliphatic heterocycles. The van der Waals surface area contributed by atoms with E-state index in [-0.39, 0.29) is 17.7 Å². The largest absolute Gasteiger partial charge is 0.393 e. The van der Waals surface area contributed by atoms with E-state index in [1.807, 2.05) is 6.92 Å². The number of anilines is 1. The molecule has 1 aliphatic rings. The van der Waals surface area contributed by atoms with E-state index >= 15 is 0 Å². The van der Waals surface area contributed by atoms with Crippen LogP contribution < -0.4 is 10.2 Å². The summed E-state index contributed by atoms with van der Waals surface area (Å²) in [5, 5.41) is 12.8. The summed E-state index contributed by atoms with van der Waals surface area (Å²) in [6, 6.07) is 7.03. The number of hydrogen-bond donors (Lipinski definition) is 2. The molecule has 3 atom stereocenters. The smallest absolute Gasteiger partial charge is 0.239 e. The van der Waals surface area contributed by atoms with Gasteiger partial charge < -0.3 is 15.3 Å². The highest BCUT2D eigenvalue weighted by Crippen LogP contribution is 2.26. The highest BCUT2D eigenvalue weighted by molar-refractivity contribution is 6.30. The van der Waals surface area contributed by atoms with Crippen molar-refractivity contribution in [1.82, 2.24) is 5.32 Å². The van der Waals surface area contributed by atoms with Crippen LogP contribution in [-0.2, 0) is 9.59 Å². The van der Waals surface area contributed by atoms with Crippen molar-refractivity contribution in [3.63, 3.8) is 0 Å². The second kappa shape index (κ2) is 7.79. The predicted molar refractivity (Wildman–Crippen MR) is 90.4 cm³/mol. The fraction of sp³-hybridized carbons (Fsp3) is 0.529. The van der Waals surface area contributed by atoms with Crippen LogP contribution in [0.3, 0.4) is 0 Å². The first-order chi connectivity index (χ1) is 10.9. The average molecular weight is 339 g/mol. The number of carbonyl (C=O) groups is 2. The number of aliphatic hydroxyl groups excluding tert-OH is 1. The van der Waals surface area contributed by atoms with Crippen LogP contribution in [0, 0.1) is 11.8 Å². The third kappa shape index (κ3) is 4.69. The highest BCUT2D eigenvalue weighted by atomic mass is 35.5. The van der Waals surface area contributed by atoms with Crippen LogP contribution in [0.5, 0.6) is 0 Å². The van der Waals surface area contributed by atoms with Crippen LogP contribution in [0.4, 0.5) is 5.69 Å². The molecule has 1 heterocycles. The number of amides is 2. The first-order valence-corrected chi connectivity index (χ1v) is 8.29. The molecule has 126 valence electrons. The Morgan fingerprint density at radius 1 is 1.39 bits per heavy atom. The van der Waals surface area contributed by atoms with Crippen LogP contribution in [0.1, 0.15) is 26.7 Å². The first-order valence-electron chi connectivity index (χ1n) is 7.91. The van der Waals surface area contributed by atoms with Crippen LogP contribution in [0.25, 0.3) is 0 Å². The fourth-order valence-corrected chi connectivity index (χ4v) is 2.99. The monoisotopic (exact) mass is 338 g/mol. The van der Waals surface area contributed by atoms with Crippen molar-refractivity contribution in [2.75, 3.05) is 18.0 Å². The summed E-state index contributed by atoms with van der Waals surface area (Å²) >= 11 is 5.86. The van der Waals surface area contributed by atoms with Crippen molar-refractivity contribution in [2.24, 2.45) is 11.8 Å². The average Bonchev–Trinajstić information content (AvgIpc) is 2.87. The summed E-state index contributed by atoms with van der Waals surface area (Å²) in [5.41, 5.74) is 0.761. The lowest BCUT2D eigenvalue weighted by Crippen LogP contribution is -2.38. The Labute approximate surface area is 141 Å². The van der Waals surface area contributed by atoms with E-state index in [2.05, 4.69) is 5.32 Å². The molecule has 1 aromatic carbocycles. The lowest BCUT2D eigenvalue weighted by molar-refractivity contribution is -0.132. The van der Waals surface area contributed by atoms with Gasteiger partial charge in [0.2, 0.25) is 11.8 Å². The summed E-state index contributed by atoms with van der Waals surface area (Å²) in [4.78, 5) is 26.3. The minimum atomic E-state index is -0.635. The summed E-state index contributed by atoms with van der Waals surface area (Å²) in [5.74, 6) is -0.871. The van der Waals surface area contributed by atoms with E-state index in [4.69, 9.17) is 11.6 Å². The minimum absolute atomic E-state index is 0.169. The van der Waals surface area contributed by atoms with Crippen molar-refractivity contribution in [1.29, 1.82) is 0 Å². The second-order valence-electron chi connectivity index (χ2n) is 6.24. The van der Waals surface area contributed by atoms with Crippen LogP contribution in [-0.4, -0.2) is 36.1 Å². The molecule has 1 fully saturated rings. The van der Waals surface area contributed by atoms with Gasteiger partial charge in [-0.25, -0.2) is 0 Å². The molecule has 1 aromatic rings. The number of rotatable bonds is 6. The van der Waals surface area contributed by atoms with Gasteiger partial charge in [-0.15, -0.1) is 0 Å². The van der Waals surface area contributed by atoms with E-state index in [0.29, 0.717) is 31.0 Å². The molecule has 2 rings (SSSR count). The first kappa shape index (κ1) is 17.8. The van der Waals surface area contributed by atoms with Gasteiger partial charge in [-0.2, -0.15) is 0 Å². The second-order valence-corrected chi connectivity index (χ2v) is 6.68. The zero-order valence-electron chi connectivity index (χ0n) is 13.5. The molecular formula is C17H23ClN2O3. The van der Waals surface area contributed by atoms with Gasteiger partial charge in [-0.05, 0) is 49.9 Å². The molecular weight excluding hydrogens is 316 g/mol. The number of nitrogens with zero attached hydrogens (tertiary/aromatic N) is 1. The van der Waals surface area contributed by atoms with Gasteiger partial charge in [0.05, 0.1) is 6.10 Å². The Morgan fingerprint density at radius 3 is 2.65 bits per heavy atom. The van der Waals surface area contributed by atoms with E-state index in [1.54, 1.807) is 36.1 Å². The molecule has 2 N–H and O–H groups in total. The van der Waals surface area contributed by atoms with E-state index in [1.165, 1.54) is 0 Å². The van der Waals surface area contributed by atoms with Crippen molar-refractivity contribution >= 4 is 29.1 Å². The molecule has 0 radical (unpaired) electrons. The quantitative estimate of drug-likeness (QED) is 0.781. The number of benzene rings is 1. The molecule has 0 aliphatic carbocycles. The Balaban J connectivity index is 1.90. The Hall–Kier alpha value is -1.59. The van der Waals surface area contributed by atoms with E-state index < -0.39 is 12.0 Å². The molecule has 0 aromatic heterocycles. The minimum Gasteiger partial charge on any atom is -0.393 e. The number of aliphatic hydroxyl groups is 1. The van der Waals surface area contributed by atoms with E-state index in [9.17, 15) is 14.7 Å². The molecule has 0 saturated carbocycles. The molecule has 2 amide bonds. The molecule has 0 spiro atoms. The topological polar surface area (TPSA) is 69.6 Å². The number of halogens is 1. The summed E-state index contributed by atoms with van der Waals surface area (Å²) in [7, 11) is 0. The Morgan fingerprint density at radius 2 is 2.04 bits per heavy atom. The molecule has 5 nitrogen and oxygen atoms in total. The number of nitrogens with one attached hydrogen (secondary N) is 1. The lowest BCUT2D eigenvalue weighted by atomic mass is 10.0. The number of hydrogen-bond acceptors (Lipinski definition) is 3. The molecule has 1 saturated heterocycles. The Bertz CT molecular complexity index is 559. The molecule has 23 heavy (non-hydrogen) atoms. The third-order valence-electron chi connectivity index (χ3n) is 4.03. The third-order valence-corrected chi connectivity index (χ3v) is 4.28. The summed E-state index contributed by atoms with van der Waals surface area (Å²) in [6.07, 6.45) is 0.740. The molecule has 3 unspecified atom stereocenters. The van der Waals surface area contributed by atoms with Crippen LogP contribution in [0.15, 0.2) is 24.3 Å². The van der Waals surface area contributed by atoms with Gasteiger partial charge >= 0.3 is 0 Å². The predicted octanol–water partition coefficient (Wildman–Crippen LogP) is 2.22. The normalized spacial score (nSPS) is 20.4. The fourth-order valence-electron chi connectivity index (χ4n) is 2.86. The van der Waals surface area contributed by atoms with Crippen molar-refractivity contribution in [2.45, 2.75) is 32.8 Å². The maximum atomic E-state index is 12.4. The van der Waals surface area contributed by atoms with Crippen molar-refractivity contribution in [3.8, 4) is 0 Å². The van der Waals surface area contributed by atoms with Crippen molar-refractivity contribution in [3.05, 3.63) is 29.3 Å². The SMILES string of the molecule is CC(O)CC(C)CNC(=O)C1CCN(c2ccc(Cl)cc2)C1=O. The lowest BCUT2D eigenvalue weighted by Gasteiger charge is -2.18. The van der Waals surface area contributed by atoms with Gasteiger partial charge in [-0.3, -0.25) is 9.59 Å². The van der Waals surface area contributed by atoms with Gasteiger partial charge in [0.1, 0.15) is 5.92 Å². The maximum Gasteiger partial charge on any atom is 0.239 e. The molecule has 0 bridgehead atoms. The van der Waals surface area contributed by atoms with Gasteiger partial charge in [-0.1, -0.05) is 18.5 Å². The van der Waals surface area contributed by atoms with Crippen LogP contribution >= 0.6 is 11.6 Å². The summed E-state index contributed by atoms with van der Waals surface area (Å²) in [6.45, 7) is 4.68. The molecule has 6 heteroatoms. The highest BCUT2D eigenvalue weighted by Gasteiger charge is 2.37. The summed E-state index contributed by atoms with van der Waals surface area (Å²) < 4.78 is 0.